The number of para-hydroxylation sites is 1. The van der Waals surface area contributed by atoms with Crippen LogP contribution in [0.25, 0.3) is 0 Å². The van der Waals surface area contributed by atoms with E-state index in [9.17, 15) is 4.79 Å². The van der Waals surface area contributed by atoms with E-state index in [1.165, 1.54) is 19.3 Å². The molecule has 110 valence electrons. The van der Waals surface area contributed by atoms with Gasteiger partial charge in [-0.25, -0.2) is 0 Å². The summed E-state index contributed by atoms with van der Waals surface area (Å²) in [7, 11) is 0. The van der Waals surface area contributed by atoms with Crippen LogP contribution in [0.4, 0.5) is 5.69 Å². The van der Waals surface area contributed by atoms with Gasteiger partial charge < -0.3 is 10.6 Å². The molecular formula is C15H21BrN2OS. The van der Waals surface area contributed by atoms with Crippen LogP contribution in [0.2, 0.25) is 0 Å². The lowest BCUT2D eigenvalue weighted by molar-refractivity contribution is -0.119. The zero-order valence-electron chi connectivity index (χ0n) is 11.7. The predicted octanol–water partition coefficient (Wildman–Crippen LogP) is 4.62. The number of thiocarbonyl (C=S) groups is 1. The second-order valence-electron chi connectivity index (χ2n) is 4.65. The van der Waals surface area contributed by atoms with E-state index in [0.29, 0.717) is 11.5 Å². The number of benzene rings is 1. The Balaban J connectivity index is 2.25. The maximum absolute atomic E-state index is 11.7. The quantitative estimate of drug-likeness (QED) is 0.553. The van der Waals surface area contributed by atoms with Crippen LogP contribution in [0.3, 0.4) is 0 Å². The van der Waals surface area contributed by atoms with Crippen molar-refractivity contribution >= 4 is 44.9 Å². The molecule has 0 aliphatic rings. The van der Waals surface area contributed by atoms with Gasteiger partial charge in [0, 0.05) is 10.9 Å². The maximum Gasteiger partial charge on any atom is 0.226 e. The van der Waals surface area contributed by atoms with E-state index in [1.54, 1.807) is 0 Å². The molecule has 1 aromatic carbocycles. The van der Waals surface area contributed by atoms with Crippen molar-refractivity contribution in [3.05, 3.63) is 28.7 Å². The van der Waals surface area contributed by atoms with E-state index in [1.807, 2.05) is 24.3 Å². The lowest BCUT2D eigenvalue weighted by Gasteiger charge is -2.10. The van der Waals surface area contributed by atoms with Crippen molar-refractivity contribution in [1.29, 1.82) is 0 Å². The van der Waals surface area contributed by atoms with Crippen LogP contribution in [-0.4, -0.2) is 11.0 Å². The van der Waals surface area contributed by atoms with Crippen molar-refractivity contribution in [2.45, 2.75) is 45.4 Å². The molecule has 5 heteroatoms. The third-order valence-corrected chi connectivity index (χ3v) is 3.78. The standard InChI is InChI=1S/C15H21BrN2OS/c1-2-3-4-5-6-11-14(19)18-15(20)17-13-10-8-7-9-12(13)16/h7-10H,2-6,11H2,1H3,(H2,17,18,19,20). The molecule has 20 heavy (non-hydrogen) atoms. The van der Waals surface area contributed by atoms with E-state index in [-0.39, 0.29) is 5.91 Å². The maximum atomic E-state index is 11.7. The molecule has 2 N–H and O–H groups in total. The molecule has 3 nitrogen and oxygen atoms in total. The Labute approximate surface area is 134 Å². The van der Waals surface area contributed by atoms with Gasteiger partial charge in [0.15, 0.2) is 5.11 Å². The van der Waals surface area contributed by atoms with Gasteiger partial charge in [0.1, 0.15) is 0 Å². The van der Waals surface area contributed by atoms with Gasteiger partial charge >= 0.3 is 0 Å². The molecule has 1 amide bonds. The van der Waals surface area contributed by atoms with Gasteiger partial charge in [-0.2, -0.15) is 0 Å². The Morgan fingerprint density at radius 3 is 2.60 bits per heavy atom. The molecule has 0 bridgehead atoms. The van der Waals surface area contributed by atoms with Crippen LogP contribution in [0.15, 0.2) is 28.7 Å². The number of halogens is 1. The van der Waals surface area contributed by atoms with Crippen molar-refractivity contribution in [2.24, 2.45) is 0 Å². The van der Waals surface area contributed by atoms with Crippen LogP contribution in [0.5, 0.6) is 0 Å². The summed E-state index contributed by atoms with van der Waals surface area (Å²) < 4.78 is 0.913. The molecule has 0 atom stereocenters. The number of nitrogens with one attached hydrogen (secondary N) is 2. The number of carbonyl (C=O) groups is 1. The first-order chi connectivity index (χ1) is 9.63. The van der Waals surface area contributed by atoms with Crippen molar-refractivity contribution < 1.29 is 4.79 Å². The topological polar surface area (TPSA) is 41.1 Å². The number of hydrogen-bond donors (Lipinski definition) is 2. The molecular weight excluding hydrogens is 336 g/mol. The first-order valence-electron chi connectivity index (χ1n) is 6.99. The highest BCUT2D eigenvalue weighted by molar-refractivity contribution is 9.10. The summed E-state index contributed by atoms with van der Waals surface area (Å²) in [6, 6.07) is 7.65. The number of amides is 1. The van der Waals surface area contributed by atoms with Crippen LogP contribution in [-0.2, 0) is 4.79 Å². The molecule has 0 fully saturated rings. The largest absolute Gasteiger partial charge is 0.331 e. The summed E-state index contributed by atoms with van der Waals surface area (Å²) in [6.07, 6.45) is 6.20. The fourth-order valence-corrected chi connectivity index (χ4v) is 2.40. The van der Waals surface area contributed by atoms with Crippen molar-refractivity contribution in [3.63, 3.8) is 0 Å². The van der Waals surface area contributed by atoms with Crippen LogP contribution in [0, 0.1) is 0 Å². The van der Waals surface area contributed by atoms with Gasteiger partial charge in [-0.05, 0) is 46.7 Å². The van der Waals surface area contributed by atoms with Gasteiger partial charge in [-0.15, -0.1) is 0 Å². The minimum absolute atomic E-state index is 0.0222. The monoisotopic (exact) mass is 356 g/mol. The zero-order chi connectivity index (χ0) is 14.8. The average Bonchev–Trinajstić information content (AvgIpc) is 2.41. The number of carbonyl (C=O) groups excluding carboxylic acids is 1. The van der Waals surface area contributed by atoms with Gasteiger partial charge in [-0.1, -0.05) is 44.7 Å². The first kappa shape index (κ1) is 17.1. The summed E-state index contributed by atoms with van der Waals surface area (Å²) in [5, 5.41) is 6.05. The second kappa shape index (κ2) is 9.88. The highest BCUT2D eigenvalue weighted by Gasteiger charge is 2.06. The van der Waals surface area contributed by atoms with Crippen molar-refractivity contribution in [1.82, 2.24) is 5.32 Å². The fraction of sp³-hybridized carbons (Fsp3) is 0.467. The number of anilines is 1. The third-order valence-electron chi connectivity index (χ3n) is 2.88. The molecule has 0 saturated carbocycles. The highest BCUT2D eigenvalue weighted by atomic mass is 79.9. The molecule has 0 aromatic heterocycles. The predicted molar refractivity (Wildman–Crippen MR) is 91.9 cm³/mol. The van der Waals surface area contributed by atoms with E-state index < -0.39 is 0 Å². The Hall–Kier alpha value is -0.940. The second-order valence-corrected chi connectivity index (χ2v) is 5.91. The minimum atomic E-state index is -0.0222. The Kier molecular flexibility index (Phi) is 8.46. The molecule has 0 aliphatic carbocycles. The van der Waals surface area contributed by atoms with E-state index in [4.69, 9.17) is 12.2 Å². The van der Waals surface area contributed by atoms with Crippen molar-refractivity contribution in [2.75, 3.05) is 5.32 Å². The molecule has 0 heterocycles. The average molecular weight is 357 g/mol. The molecule has 0 spiro atoms. The molecule has 0 saturated heterocycles. The van der Waals surface area contributed by atoms with E-state index >= 15 is 0 Å². The summed E-state index contributed by atoms with van der Waals surface area (Å²) in [4.78, 5) is 11.7. The Morgan fingerprint density at radius 2 is 1.90 bits per heavy atom. The third kappa shape index (κ3) is 7.01. The molecule has 1 aromatic rings. The van der Waals surface area contributed by atoms with Gasteiger partial charge in [0.05, 0.1) is 5.69 Å². The Bertz CT molecular complexity index is 451. The van der Waals surface area contributed by atoms with Gasteiger partial charge in [-0.3, -0.25) is 4.79 Å². The van der Waals surface area contributed by atoms with Crippen LogP contribution in [0.1, 0.15) is 45.4 Å². The fourth-order valence-electron chi connectivity index (χ4n) is 1.79. The van der Waals surface area contributed by atoms with E-state index in [0.717, 1.165) is 23.0 Å². The lowest BCUT2D eigenvalue weighted by Crippen LogP contribution is -2.34. The summed E-state index contributed by atoms with van der Waals surface area (Å²) in [6.45, 7) is 2.18. The summed E-state index contributed by atoms with van der Waals surface area (Å²) >= 11 is 8.55. The molecule has 0 aliphatic heterocycles. The van der Waals surface area contributed by atoms with Crippen LogP contribution >= 0.6 is 28.1 Å². The van der Waals surface area contributed by atoms with Crippen LogP contribution < -0.4 is 10.6 Å². The number of unbranched alkanes of at least 4 members (excludes halogenated alkanes) is 4. The minimum Gasteiger partial charge on any atom is -0.331 e. The van der Waals surface area contributed by atoms with Gasteiger partial charge in [0.25, 0.3) is 0 Å². The summed E-state index contributed by atoms with van der Waals surface area (Å²) in [5.74, 6) is -0.0222. The number of hydrogen-bond acceptors (Lipinski definition) is 2. The normalized spacial score (nSPS) is 10.1. The Morgan fingerprint density at radius 1 is 1.20 bits per heavy atom. The molecule has 0 radical (unpaired) electrons. The first-order valence-corrected chi connectivity index (χ1v) is 8.19. The summed E-state index contributed by atoms with van der Waals surface area (Å²) in [5.41, 5.74) is 0.848. The smallest absolute Gasteiger partial charge is 0.226 e. The lowest BCUT2D eigenvalue weighted by atomic mass is 10.1. The van der Waals surface area contributed by atoms with Gasteiger partial charge in [0.2, 0.25) is 5.91 Å². The van der Waals surface area contributed by atoms with E-state index in [2.05, 4.69) is 33.5 Å². The SMILES string of the molecule is CCCCCCCC(=O)NC(=S)Nc1ccccc1Br. The zero-order valence-corrected chi connectivity index (χ0v) is 14.1. The molecule has 0 unspecified atom stereocenters. The molecule has 1 rings (SSSR count). The number of rotatable bonds is 7. The van der Waals surface area contributed by atoms with Crippen molar-refractivity contribution in [3.8, 4) is 0 Å². The highest BCUT2D eigenvalue weighted by Crippen LogP contribution is 2.20.